The lowest BCUT2D eigenvalue weighted by molar-refractivity contribution is 0.669. The van der Waals surface area contributed by atoms with Gasteiger partial charge in [0.1, 0.15) is 11.2 Å². The Kier molecular flexibility index (Phi) is 8.49. The highest BCUT2D eigenvalue weighted by Crippen LogP contribution is 2.45. The van der Waals surface area contributed by atoms with Crippen LogP contribution in [0.5, 0.6) is 0 Å². The number of para-hydroxylation sites is 5. The van der Waals surface area contributed by atoms with Gasteiger partial charge >= 0.3 is 0 Å². The molecule has 18 rings (SSSR count). The van der Waals surface area contributed by atoms with Crippen molar-refractivity contribution in [3.8, 4) is 33.9 Å². The van der Waals surface area contributed by atoms with Crippen LogP contribution < -0.4 is 0 Å². The fraction of sp³-hybridized carbons (Fsp3) is 0. The van der Waals surface area contributed by atoms with Gasteiger partial charge in [0.15, 0.2) is 0 Å². The van der Waals surface area contributed by atoms with E-state index in [0.29, 0.717) is 0 Å². The lowest BCUT2D eigenvalue weighted by Gasteiger charge is -2.13. The van der Waals surface area contributed by atoms with Crippen molar-refractivity contribution in [1.82, 2.24) is 18.3 Å². The van der Waals surface area contributed by atoms with Gasteiger partial charge in [0.2, 0.25) is 0 Å². The maximum absolute atomic E-state index is 6.47. The number of nitrogens with zero attached hydrogens (tertiary/aromatic N) is 4. The smallest absolute Gasteiger partial charge is 0.137 e. The van der Waals surface area contributed by atoms with Crippen LogP contribution in [-0.2, 0) is 0 Å². The van der Waals surface area contributed by atoms with Crippen LogP contribution in [0.15, 0.2) is 259 Å². The van der Waals surface area contributed by atoms with E-state index in [1.807, 2.05) is 17.4 Å². The Morgan fingerprint density at radius 1 is 0.244 bits per heavy atom. The number of rotatable bonds is 5. The first kappa shape index (κ1) is 42.1. The Labute approximate surface area is 449 Å². The summed E-state index contributed by atoms with van der Waals surface area (Å²) < 4.78 is 18.9. The summed E-state index contributed by atoms with van der Waals surface area (Å²) in [6.07, 6.45) is 0. The first-order valence-corrected chi connectivity index (χ1v) is 27.5. The largest absolute Gasteiger partial charge is 0.456 e. The molecule has 0 amide bonds. The molecule has 0 radical (unpaired) electrons. The fourth-order valence-electron chi connectivity index (χ4n) is 13.4. The molecule has 0 N–H and O–H groups in total. The zero-order valence-electron chi connectivity index (χ0n) is 41.9. The summed E-state index contributed by atoms with van der Waals surface area (Å²) in [6, 6.07) is 93.9. The molecule has 0 saturated carbocycles. The SMILES string of the molecule is c1ccc(-n2c3ccccc3c3cc4c5ccc(-c6cccc(-n7c8ccccc8c8cc9c%10ccccc%10n(-c%10cccc%11oc%12ccccc%12c%10%11)c9cc87)c6)cc5n(-c5ccc6c(c5)sc5ccccc56)c4cc32)cc1. The Balaban J connectivity index is 0.868. The van der Waals surface area contributed by atoms with E-state index in [1.54, 1.807) is 0 Å². The summed E-state index contributed by atoms with van der Waals surface area (Å²) in [5, 5.41) is 14.7. The van der Waals surface area contributed by atoms with Gasteiger partial charge in [-0.05, 0) is 120 Å². The second-order valence-electron chi connectivity index (χ2n) is 20.8. The maximum Gasteiger partial charge on any atom is 0.137 e. The van der Waals surface area contributed by atoms with Gasteiger partial charge in [-0.15, -0.1) is 11.3 Å². The predicted molar refractivity (Wildman–Crippen MR) is 329 cm³/mol. The number of hydrogen-bond donors (Lipinski definition) is 0. The molecule has 0 spiro atoms. The van der Waals surface area contributed by atoms with E-state index < -0.39 is 0 Å². The highest BCUT2D eigenvalue weighted by molar-refractivity contribution is 7.25. The van der Waals surface area contributed by atoms with Crippen molar-refractivity contribution in [2.75, 3.05) is 0 Å². The lowest BCUT2D eigenvalue weighted by Crippen LogP contribution is -1.97. The summed E-state index contributed by atoms with van der Waals surface area (Å²) in [5.41, 5.74) is 17.9. The van der Waals surface area contributed by atoms with Crippen molar-refractivity contribution >= 4 is 141 Å². The molecule has 78 heavy (non-hydrogen) atoms. The predicted octanol–water partition coefficient (Wildman–Crippen LogP) is 20.0. The van der Waals surface area contributed by atoms with Crippen molar-refractivity contribution in [1.29, 1.82) is 0 Å². The van der Waals surface area contributed by atoms with Crippen LogP contribution in [0.4, 0.5) is 0 Å². The third-order valence-electron chi connectivity index (χ3n) is 16.7. The molecule has 0 aliphatic carbocycles. The first-order chi connectivity index (χ1) is 38.7. The molecule has 0 unspecified atom stereocenters. The molecular formula is C72H42N4OS. The molecule has 6 heteroatoms. The van der Waals surface area contributed by atoms with Gasteiger partial charge in [0.05, 0.1) is 55.2 Å². The minimum absolute atomic E-state index is 0.881. The fourth-order valence-corrected chi connectivity index (χ4v) is 14.5. The zero-order chi connectivity index (χ0) is 50.7. The number of benzene rings is 12. The van der Waals surface area contributed by atoms with Crippen LogP contribution in [0.25, 0.3) is 163 Å². The van der Waals surface area contributed by atoms with Gasteiger partial charge in [0, 0.05) is 85.7 Å². The van der Waals surface area contributed by atoms with E-state index in [0.717, 1.165) is 72.4 Å². The third kappa shape index (κ3) is 5.78. The van der Waals surface area contributed by atoms with E-state index in [9.17, 15) is 0 Å². The van der Waals surface area contributed by atoms with Gasteiger partial charge in [0.25, 0.3) is 0 Å². The van der Waals surface area contributed by atoms with Crippen molar-refractivity contribution in [2.45, 2.75) is 0 Å². The molecule has 12 aromatic carbocycles. The van der Waals surface area contributed by atoms with E-state index in [-0.39, 0.29) is 0 Å². The Hall–Kier alpha value is -10.1. The summed E-state index contributed by atoms with van der Waals surface area (Å²) >= 11 is 1.87. The monoisotopic (exact) mass is 1010 g/mol. The van der Waals surface area contributed by atoms with Crippen LogP contribution in [-0.4, -0.2) is 18.3 Å². The number of hydrogen-bond acceptors (Lipinski definition) is 2. The normalized spacial score (nSPS) is 12.4. The zero-order valence-corrected chi connectivity index (χ0v) is 42.7. The number of furan rings is 1. The highest BCUT2D eigenvalue weighted by Gasteiger charge is 2.23. The van der Waals surface area contributed by atoms with E-state index in [1.165, 1.54) is 90.8 Å². The Morgan fingerprint density at radius 3 is 1.44 bits per heavy atom. The summed E-state index contributed by atoms with van der Waals surface area (Å²) in [4.78, 5) is 0. The molecule has 6 aromatic heterocycles. The van der Waals surface area contributed by atoms with Gasteiger partial charge in [-0.3, -0.25) is 0 Å². The molecule has 18 aromatic rings. The minimum Gasteiger partial charge on any atom is -0.456 e. The van der Waals surface area contributed by atoms with Gasteiger partial charge in [-0.1, -0.05) is 146 Å². The third-order valence-corrected chi connectivity index (χ3v) is 17.9. The van der Waals surface area contributed by atoms with E-state index in [2.05, 4.69) is 267 Å². The Bertz CT molecular complexity index is 5580. The highest BCUT2D eigenvalue weighted by atomic mass is 32.1. The van der Waals surface area contributed by atoms with Crippen LogP contribution in [0.1, 0.15) is 0 Å². The standard InChI is InChI=1S/C72H42N4OS/c1-2-17-45(18-3-1)73-59-25-9-4-20-48(59)55-40-58-51-34-32-44(37-63(51)75(66(58)41-64(55)73)47-33-35-53-52-23-8-13-31-70(52)78-71(53)38-47)43-16-14-19-46(36-43)74-60-26-10-5-21-49(60)56-39-57-50-22-6-11-27-61(50)76(67(57)42-65(56)74)62-28-15-30-69-72(62)54-24-7-12-29-68(54)77-69/h1-42H. The number of fused-ring (bicyclic) bond motifs is 18. The van der Waals surface area contributed by atoms with Crippen LogP contribution in [0.2, 0.25) is 0 Å². The molecule has 0 aliphatic heterocycles. The van der Waals surface area contributed by atoms with Crippen molar-refractivity contribution < 1.29 is 4.42 Å². The first-order valence-electron chi connectivity index (χ1n) is 26.6. The second kappa shape index (κ2) is 15.7. The van der Waals surface area contributed by atoms with Gasteiger partial charge in [-0.25, -0.2) is 0 Å². The quantitative estimate of drug-likeness (QED) is 0.169. The molecule has 6 heterocycles. The van der Waals surface area contributed by atoms with Crippen molar-refractivity contribution in [3.63, 3.8) is 0 Å². The van der Waals surface area contributed by atoms with E-state index in [4.69, 9.17) is 4.42 Å². The maximum atomic E-state index is 6.47. The van der Waals surface area contributed by atoms with Crippen molar-refractivity contribution in [3.05, 3.63) is 255 Å². The van der Waals surface area contributed by atoms with Crippen LogP contribution in [0.3, 0.4) is 0 Å². The van der Waals surface area contributed by atoms with Gasteiger partial charge < -0.3 is 22.7 Å². The van der Waals surface area contributed by atoms with Crippen molar-refractivity contribution in [2.24, 2.45) is 0 Å². The summed E-state index contributed by atoms with van der Waals surface area (Å²) in [5.74, 6) is 0. The molecule has 0 aliphatic rings. The molecule has 0 bridgehead atoms. The second-order valence-corrected chi connectivity index (χ2v) is 21.9. The number of thiophene rings is 1. The molecule has 362 valence electrons. The molecule has 5 nitrogen and oxygen atoms in total. The summed E-state index contributed by atoms with van der Waals surface area (Å²) in [6.45, 7) is 0. The number of aromatic nitrogens is 4. The topological polar surface area (TPSA) is 32.9 Å². The minimum atomic E-state index is 0.881. The van der Waals surface area contributed by atoms with Crippen LogP contribution in [0, 0.1) is 0 Å². The van der Waals surface area contributed by atoms with E-state index >= 15 is 0 Å². The summed E-state index contributed by atoms with van der Waals surface area (Å²) in [7, 11) is 0. The van der Waals surface area contributed by atoms with Gasteiger partial charge in [-0.2, -0.15) is 0 Å². The Morgan fingerprint density at radius 2 is 0.718 bits per heavy atom. The molecule has 0 atom stereocenters. The van der Waals surface area contributed by atoms with Crippen LogP contribution >= 0.6 is 11.3 Å². The average Bonchev–Trinajstić information content (AvgIpc) is 4.52. The molecular weight excluding hydrogens is 969 g/mol. The molecule has 0 saturated heterocycles. The lowest BCUT2D eigenvalue weighted by atomic mass is 10.0. The molecule has 0 fully saturated rings. The average molecular weight is 1010 g/mol.